The summed E-state index contributed by atoms with van der Waals surface area (Å²) in [5, 5.41) is 4.45. The Morgan fingerprint density at radius 1 is 0.479 bits per heavy atom. The molecule has 1 atom stereocenters. The molecule has 7 rings (SSSR count). The Morgan fingerprint density at radius 2 is 0.833 bits per heavy atom. The maximum Gasteiger partial charge on any atom is 0.306 e. The fourth-order valence-corrected chi connectivity index (χ4v) is 12.4. The lowest BCUT2D eigenvalue weighted by molar-refractivity contribution is -0.147. The van der Waals surface area contributed by atoms with Crippen LogP contribution in [0, 0.1) is 0 Å². The third kappa shape index (κ3) is 6.74. The van der Waals surface area contributed by atoms with Gasteiger partial charge in [0.2, 0.25) is 0 Å². The molecule has 7 aromatic carbocycles. The van der Waals surface area contributed by atoms with E-state index >= 15 is 4.79 Å². The van der Waals surface area contributed by atoms with Crippen LogP contribution >= 0.6 is 0 Å². The molecule has 3 heteroatoms. The zero-order valence-corrected chi connectivity index (χ0v) is 28.3. The van der Waals surface area contributed by atoms with Crippen LogP contribution in [0.1, 0.15) is 40.8 Å². The minimum Gasteiger partial charge on any atom is -0.453 e. The summed E-state index contributed by atoms with van der Waals surface area (Å²) in [6.07, 6.45) is -0.561. The lowest BCUT2D eigenvalue weighted by Crippen LogP contribution is -2.50. The summed E-state index contributed by atoms with van der Waals surface area (Å²) in [5.74, 6) is -0.129. The fourth-order valence-electron chi connectivity index (χ4n) is 7.37. The highest BCUT2D eigenvalue weighted by atomic mass is 28.3. The largest absolute Gasteiger partial charge is 0.453 e. The van der Waals surface area contributed by atoms with Crippen LogP contribution in [0.5, 0.6) is 0 Å². The predicted molar refractivity (Wildman–Crippen MR) is 201 cm³/mol. The Balaban J connectivity index is 1.35. The molecule has 236 valence electrons. The Hall–Kier alpha value is -5.25. The quantitative estimate of drug-likeness (QED) is 0.104. The van der Waals surface area contributed by atoms with Gasteiger partial charge in [-0.15, -0.1) is 0 Å². The summed E-state index contributed by atoms with van der Waals surface area (Å²) in [6, 6.07) is 64.2. The third-order valence-electron chi connectivity index (χ3n) is 9.91. The van der Waals surface area contributed by atoms with Gasteiger partial charge in [0, 0.05) is 16.7 Å². The molecule has 1 unspecified atom stereocenters. The standard InChI is InChI=1S/C45H40O2Si/c1-34(48(31-35-17-5-2-6-18-35,32-36-19-7-3-8-20-36)33-37-21-9-4-10-22-37)45(46)47-44(42-29-15-25-38-23-11-13-27-40(38)42)43-30-16-26-39-24-12-14-28-41(39)43/h2-30,34,44H,31-33H2,1H3. The Kier molecular flexibility index (Phi) is 9.31. The van der Waals surface area contributed by atoms with Gasteiger partial charge < -0.3 is 4.74 Å². The van der Waals surface area contributed by atoms with Crippen molar-refractivity contribution >= 4 is 35.6 Å². The Labute approximate surface area is 284 Å². The van der Waals surface area contributed by atoms with E-state index < -0.39 is 14.2 Å². The molecule has 0 aliphatic heterocycles. The number of benzene rings is 7. The van der Waals surface area contributed by atoms with Crippen molar-refractivity contribution in [3.05, 3.63) is 204 Å². The van der Waals surface area contributed by atoms with Crippen molar-refractivity contribution in [1.82, 2.24) is 0 Å². The van der Waals surface area contributed by atoms with Gasteiger partial charge in [0.15, 0.2) is 6.10 Å². The van der Waals surface area contributed by atoms with Gasteiger partial charge >= 0.3 is 5.97 Å². The van der Waals surface area contributed by atoms with Gasteiger partial charge in [0.1, 0.15) is 0 Å². The number of fused-ring (bicyclic) bond motifs is 2. The second-order valence-corrected chi connectivity index (χ2v) is 17.7. The van der Waals surface area contributed by atoms with Crippen LogP contribution in [-0.2, 0) is 27.7 Å². The molecule has 0 aliphatic rings. The average Bonchev–Trinajstić information content (AvgIpc) is 3.14. The van der Waals surface area contributed by atoms with Gasteiger partial charge in [-0.25, -0.2) is 0 Å². The van der Waals surface area contributed by atoms with E-state index in [4.69, 9.17) is 4.74 Å². The molecule has 48 heavy (non-hydrogen) atoms. The smallest absolute Gasteiger partial charge is 0.306 e. The van der Waals surface area contributed by atoms with Crippen LogP contribution in [0.25, 0.3) is 21.5 Å². The Bertz CT molecular complexity index is 1930. The van der Waals surface area contributed by atoms with Gasteiger partial charge in [-0.3, -0.25) is 4.79 Å². The van der Waals surface area contributed by atoms with E-state index in [1.165, 1.54) is 16.7 Å². The highest BCUT2D eigenvalue weighted by Gasteiger charge is 2.44. The molecular weight excluding hydrogens is 601 g/mol. The van der Waals surface area contributed by atoms with Crippen LogP contribution in [-0.4, -0.2) is 14.0 Å². The molecule has 7 aromatic rings. The minimum absolute atomic E-state index is 0.129. The van der Waals surface area contributed by atoms with Crippen LogP contribution in [0.15, 0.2) is 176 Å². The maximum absolute atomic E-state index is 15.0. The molecule has 0 aromatic heterocycles. The van der Waals surface area contributed by atoms with E-state index in [1.54, 1.807) is 0 Å². The molecule has 0 saturated heterocycles. The number of rotatable bonds is 11. The summed E-state index contributed by atoms with van der Waals surface area (Å²) in [7, 11) is -2.54. The van der Waals surface area contributed by atoms with Crippen molar-refractivity contribution in [2.75, 3.05) is 0 Å². The van der Waals surface area contributed by atoms with E-state index in [0.717, 1.165) is 50.8 Å². The zero-order valence-electron chi connectivity index (χ0n) is 27.3. The number of hydrogen-bond acceptors (Lipinski definition) is 2. The van der Waals surface area contributed by atoms with E-state index in [-0.39, 0.29) is 11.5 Å². The van der Waals surface area contributed by atoms with Crippen molar-refractivity contribution in [3.63, 3.8) is 0 Å². The van der Waals surface area contributed by atoms with Crippen molar-refractivity contribution in [2.45, 2.75) is 36.7 Å². The monoisotopic (exact) mass is 640 g/mol. The molecule has 0 fully saturated rings. The van der Waals surface area contributed by atoms with Gasteiger partial charge in [-0.05, 0) is 39.7 Å². The molecule has 0 heterocycles. The average molecular weight is 641 g/mol. The number of carbonyl (C=O) groups excluding carboxylic acids is 1. The predicted octanol–water partition coefficient (Wildman–Crippen LogP) is 10.8. The molecule has 0 saturated carbocycles. The van der Waals surface area contributed by atoms with Gasteiger partial charge in [0.25, 0.3) is 0 Å². The number of ether oxygens (including phenoxy) is 1. The molecule has 0 spiro atoms. The van der Waals surface area contributed by atoms with E-state index in [9.17, 15) is 0 Å². The molecule has 0 bridgehead atoms. The molecule has 0 radical (unpaired) electrons. The lowest BCUT2D eigenvalue weighted by Gasteiger charge is -2.38. The maximum atomic E-state index is 15.0. The first-order valence-corrected chi connectivity index (χ1v) is 19.6. The third-order valence-corrected chi connectivity index (χ3v) is 15.3. The lowest BCUT2D eigenvalue weighted by atomic mass is 9.92. The summed E-state index contributed by atoms with van der Waals surface area (Å²) >= 11 is 0. The highest BCUT2D eigenvalue weighted by molar-refractivity contribution is 6.82. The van der Waals surface area contributed by atoms with E-state index in [2.05, 4.69) is 183 Å². The van der Waals surface area contributed by atoms with Crippen molar-refractivity contribution in [1.29, 1.82) is 0 Å². The normalized spacial score (nSPS) is 12.3. The Morgan fingerprint density at radius 3 is 1.25 bits per heavy atom. The van der Waals surface area contributed by atoms with Crippen LogP contribution < -0.4 is 0 Å². The zero-order chi connectivity index (χ0) is 32.8. The molecule has 2 nitrogen and oxygen atoms in total. The summed E-state index contributed by atoms with van der Waals surface area (Å²) < 4.78 is 6.92. The molecule has 0 aliphatic carbocycles. The van der Waals surface area contributed by atoms with Crippen molar-refractivity contribution in [3.8, 4) is 0 Å². The van der Waals surface area contributed by atoms with E-state index in [0.29, 0.717) is 0 Å². The topological polar surface area (TPSA) is 26.3 Å². The number of carbonyl (C=O) groups is 1. The highest BCUT2D eigenvalue weighted by Crippen LogP contribution is 2.39. The van der Waals surface area contributed by atoms with Crippen molar-refractivity contribution in [2.24, 2.45) is 0 Å². The van der Waals surface area contributed by atoms with Gasteiger partial charge in [0.05, 0.1) is 8.07 Å². The van der Waals surface area contributed by atoms with Crippen LogP contribution in [0.2, 0.25) is 5.54 Å². The molecule has 0 amide bonds. The first-order valence-electron chi connectivity index (χ1n) is 16.9. The summed E-state index contributed by atoms with van der Waals surface area (Å²) in [5.41, 5.74) is 5.55. The second kappa shape index (κ2) is 14.2. The van der Waals surface area contributed by atoms with E-state index in [1.807, 2.05) is 0 Å². The first kappa shape index (κ1) is 31.4. The SMILES string of the molecule is CC(C(=O)OC(c1cccc2ccccc12)c1cccc2ccccc12)[Si](Cc1ccccc1)(Cc1ccccc1)Cc1ccccc1. The van der Waals surface area contributed by atoms with Gasteiger partial charge in [-0.2, -0.15) is 0 Å². The first-order chi connectivity index (χ1) is 23.6. The van der Waals surface area contributed by atoms with Gasteiger partial charge in [-0.1, -0.05) is 200 Å². The molecular formula is C45H40O2Si. The van der Waals surface area contributed by atoms with Crippen LogP contribution in [0.3, 0.4) is 0 Å². The summed E-state index contributed by atoms with van der Waals surface area (Å²) in [4.78, 5) is 15.0. The van der Waals surface area contributed by atoms with Crippen molar-refractivity contribution < 1.29 is 9.53 Å². The molecule has 0 N–H and O–H groups in total. The minimum atomic E-state index is -2.54. The van der Waals surface area contributed by atoms with Crippen LogP contribution in [0.4, 0.5) is 0 Å². The number of esters is 1. The number of hydrogen-bond donors (Lipinski definition) is 0. The second-order valence-electron chi connectivity index (χ2n) is 13.0. The fraction of sp³-hybridized carbons (Fsp3) is 0.133. The summed E-state index contributed by atoms with van der Waals surface area (Å²) in [6.45, 7) is 2.15.